The molecule has 3 heterocycles. The minimum absolute atomic E-state index is 0.0188. The van der Waals surface area contributed by atoms with Crippen LogP contribution in [0.25, 0.3) is 5.69 Å². The molecule has 0 aliphatic carbocycles. The fourth-order valence-electron chi connectivity index (χ4n) is 3.71. The zero-order chi connectivity index (χ0) is 24.5. The lowest BCUT2D eigenvalue weighted by molar-refractivity contribution is 0.313. The number of aryl methyl sites for hydroxylation is 1. The Morgan fingerprint density at radius 2 is 1.79 bits per heavy atom. The van der Waals surface area contributed by atoms with Crippen LogP contribution in [0.5, 0.6) is 5.75 Å². The van der Waals surface area contributed by atoms with E-state index in [0.29, 0.717) is 31.3 Å². The van der Waals surface area contributed by atoms with Crippen molar-refractivity contribution in [2.75, 3.05) is 43.9 Å². The van der Waals surface area contributed by atoms with Gasteiger partial charge in [0.15, 0.2) is 0 Å². The molecule has 34 heavy (non-hydrogen) atoms. The SMILES string of the molecule is Cc1ncsc1CCOc1c(N2CCN(S(C)(=O)=O)CC2)cnn(-c2cc(F)cc(F)c2)c1=O. The van der Waals surface area contributed by atoms with Gasteiger partial charge in [-0.1, -0.05) is 0 Å². The van der Waals surface area contributed by atoms with Gasteiger partial charge < -0.3 is 9.64 Å². The number of benzene rings is 1. The van der Waals surface area contributed by atoms with Crippen LogP contribution in [0.1, 0.15) is 10.6 Å². The number of sulfonamides is 1. The molecule has 3 aromatic rings. The first-order chi connectivity index (χ1) is 16.1. The Bertz CT molecular complexity index is 1330. The Morgan fingerprint density at radius 1 is 1.12 bits per heavy atom. The summed E-state index contributed by atoms with van der Waals surface area (Å²) in [5.74, 6) is -1.70. The Balaban J connectivity index is 1.66. The summed E-state index contributed by atoms with van der Waals surface area (Å²) in [4.78, 5) is 20.4. The summed E-state index contributed by atoms with van der Waals surface area (Å²) in [6.45, 7) is 3.22. The molecule has 0 bridgehead atoms. The number of rotatable bonds is 7. The van der Waals surface area contributed by atoms with Crippen molar-refractivity contribution in [1.29, 1.82) is 0 Å². The fourth-order valence-corrected chi connectivity index (χ4v) is 5.30. The highest BCUT2D eigenvalue weighted by Gasteiger charge is 2.27. The smallest absolute Gasteiger partial charge is 0.316 e. The van der Waals surface area contributed by atoms with Gasteiger partial charge in [0.25, 0.3) is 0 Å². The van der Waals surface area contributed by atoms with Crippen LogP contribution in [-0.2, 0) is 16.4 Å². The molecule has 0 radical (unpaired) electrons. The highest BCUT2D eigenvalue weighted by atomic mass is 32.2. The van der Waals surface area contributed by atoms with E-state index in [1.807, 2.05) is 11.8 Å². The lowest BCUT2D eigenvalue weighted by atomic mass is 10.2. The molecule has 0 spiro atoms. The van der Waals surface area contributed by atoms with Crippen LogP contribution >= 0.6 is 11.3 Å². The van der Waals surface area contributed by atoms with E-state index < -0.39 is 27.2 Å². The molecule has 1 aliphatic rings. The van der Waals surface area contributed by atoms with Crippen molar-refractivity contribution in [3.05, 3.63) is 62.5 Å². The minimum Gasteiger partial charge on any atom is -0.486 e. The minimum atomic E-state index is -3.33. The van der Waals surface area contributed by atoms with Gasteiger partial charge in [0.1, 0.15) is 17.3 Å². The van der Waals surface area contributed by atoms with Crippen molar-refractivity contribution < 1.29 is 21.9 Å². The number of ether oxygens (including phenoxy) is 1. The number of aromatic nitrogens is 3. The number of nitrogens with zero attached hydrogens (tertiary/aromatic N) is 5. The maximum absolute atomic E-state index is 13.8. The van der Waals surface area contributed by atoms with Crippen molar-refractivity contribution in [3.63, 3.8) is 0 Å². The van der Waals surface area contributed by atoms with Crippen LogP contribution in [0.3, 0.4) is 0 Å². The molecule has 0 saturated carbocycles. The van der Waals surface area contributed by atoms with Gasteiger partial charge in [0.05, 0.1) is 36.0 Å². The Kier molecular flexibility index (Phi) is 6.96. The highest BCUT2D eigenvalue weighted by Crippen LogP contribution is 2.26. The van der Waals surface area contributed by atoms with E-state index in [9.17, 15) is 22.0 Å². The second kappa shape index (κ2) is 9.76. The van der Waals surface area contributed by atoms with Crippen LogP contribution in [0.15, 0.2) is 34.7 Å². The molecule has 182 valence electrons. The summed E-state index contributed by atoms with van der Waals surface area (Å²) in [5.41, 5.74) is 2.27. The lowest BCUT2D eigenvalue weighted by Crippen LogP contribution is -2.48. The van der Waals surface area contributed by atoms with Crippen LogP contribution in [-0.4, -0.2) is 66.5 Å². The van der Waals surface area contributed by atoms with E-state index in [2.05, 4.69) is 10.1 Å². The van der Waals surface area contributed by atoms with Crippen molar-refractivity contribution >= 4 is 27.0 Å². The topological polar surface area (TPSA) is 97.6 Å². The molecule has 1 saturated heterocycles. The molecule has 13 heteroatoms. The van der Waals surface area contributed by atoms with Gasteiger partial charge in [0.2, 0.25) is 15.8 Å². The number of hydrogen-bond acceptors (Lipinski definition) is 8. The predicted molar refractivity (Wildman–Crippen MR) is 124 cm³/mol. The summed E-state index contributed by atoms with van der Waals surface area (Å²) in [7, 11) is -3.33. The van der Waals surface area contributed by atoms with Gasteiger partial charge in [-0.25, -0.2) is 22.2 Å². The molecule has 4 rings (SSSR count). The zero-order valence-corrected chi connectivity index (χ0v) is 20.2. The van der Waals surface area contributed by atoms with E-state index in [-0.39, 0.29) is 31.1 Å². The fraction of sp³-hybridized carbons (Fsp3) is 0.381. The molecule has 0 amide bonds. The van der Waals surface area contributed by atoms with Crippen molar-refractivity contribution in [3.8, 4) is 11.4 Å². The van der Waals surface area contributed by atoms with E-state index >= 15 is 0 Å². The first-order valence-electron chi connectivity index (χ1n) is 10.4. The lowest BCUT2D eigenvalue weighted by Gasteiger charge is -2.35. The molecule has 0 N–H and O–H groups in total. The molecule has 1 fully saturated rings. The monoisotopic (exact) mass is 511 g/mol. The molecule has 1 aliphatic heterocycles. The highest BCUT2D eigenvalue weighted by molar-refractivity contribution is 7.88. The molecular formula is C21H23F2N5O4S2. The van der Waals surface area contributed by atoms with Gasteiger partial charge in [0, 0.05) is 43.5 Å². The van der Waals surface area contributed by atoms with Crippen LogP contribution in [0.4, 0.5) is 14.5 Å². The maximum atomic E-state index is 13.8. The first kappa shape index (κ1) is 24.2. The van der Waals surface area contributed by atoms with E-state index in [4.69, 9.17) is 4.74 Å². The van der Waals surface area contributed by atoms with Crippen LogP contribution < -0.4 is 15.2 Å². The van der Waals surface area contributed by atoms with E-state index in [1.54, 1.807) is 5.51 Å². The molecule has 9 nitrogen and oxygen atoms in total. The summed E-state index contributed by atoms with van der Waals surface area (Å²) in [6, 6.07) is 2.72. The first-order valence-corrected chi connectivity index (χ1v) is 13.2. The van der Waals surface area contributed by atoms with E-state index in [0.717, 1.165) is 33.6 Å². The zero-order valence-electron chi connectivity index (χ0n) is 18.6. The molecular weight excluding hydrogens is 488 g/mol. The quantitative estimate of drug-likeness (QED) is 0.479. The summed E-state index contributed by atoms with van der Waals surface area (Å²) in [5, 5.41) is 4.12. The Morgan fingerprint density at radius 3 is 2.38 bits per heavy atom. The second-order valence-corrected chi connectivity index (χ2v) is 10.7. The van der Waals surface area contributed by atoms with Crippen molar-refractivity contribution in [1.82, 2.24) is 19.1 Å². The third-order valence-corrected chi connectivity index (χ3v) is 7.77. The third-order valence-electron chi connectivity index (χ3n) is 5.48. The van der Waals surface area contributed by atoms with Gasteiger partial charge in [-0.05, 0) is 19.1 Å². The number of hydrogen-bond donors (Lipinski definition) is 0. The van der Waals surface area contributed by atoms with Gasteiger partial charge >= 0.3 is 5.56 Å². The Labute approximate surface area is 199 Å². The van der Waals surface area contributed by atoms with Crippen molar-refractivity contribution in [2.24, 2.45) is 0 Å². The number of piperazine rings is 1. The Hall–Kier alpha value is -2.90. The molecule has 0 atom stereocenters. The molecule has 0 unspecified atom stereocenters. The largest absolute Gasteiger partial charge is 0.486 e. The van der Waals surface area contributed by atoms with E-state index in [1.165, 1.54) is 21.8 Å². The summed E-state index contributed by atoms with van der Waals surface area (Å²) < 4.78 is 59.4. The standard InChI is InChI=1S/C21H23F2N5O4S2/c1-14-19(33-13-24-14)3-8-32-20-18(26-4-6-27(7-5-26)34(2,30)31)12-25-28(21(20)29)17-10-15(22)9-16(23)11-17/h9-13H,3-8H2,1-2H3. The normalized spacial score (nSPS) is 15.0. The average molecular weight is 512 g/mol. The number of thiazole rings is 1. The summed E-state index contributed by atoms with van der Waals surface area (Å²) >= 11 is 1.48. The van der Waals surface area contributed by atoms with Gasteiger partial charge in [-0.15, -0.1) is 11.3 Å². The van der Waals surface area contributed by atoms with Crippen LogP contribution in [0.2, 0.25) is 0 Å². The molecule has 2 aromatic heterocycles. The maximum Gasteiger partial charge on any atom is 0.316 e. The third kappa shape index (κ3) is 5.26. The second-order valence-electron chi connectivity index (χ2n) is 7.81. The van der Waals surface area contributed by atoms with Crippen LogP contribution in [0, 0.1) is 18.6 Å². The number of anilines is 1. The average Bonchev–Trinajstić information content (AvgIpc) is 3.18. The van der Waals surface area contributed by atoms with Gasteiger partial charge in [-0.2, -0.15) is 14.1 Å². The number of halogens is 2. The van der Waals surface area contributed by atoms with Crippen molar-refractivity contribution in [2.45, 2.75) is 13.3 Å². The predicted octanol–water partition coefficient (Wildman–Crippen LogP) is 1.98. The van der Waals surface area contributed by atoms with Gasteiger partial charge in [-0.3, -0.25) is 4.79 Å². The summed E-state index contributed by atoms with van der Waals surface area (Å²) in [6.07, 6.45) is 3.07. The molecule has 1 aromatic carbocycles.